The first-order chi connectivity index (χ1) is 8.83. The maximum Gasteiger partial charge on any atom is 0.0753 e. The van der Waals surface area contributed by atoms with Gasteiger partial charge in [0, 0.05) is 38.9 Å². The molecule has 1 aromatic heterocycles. The zero-order valence-electron chi connectivity index (χ0n) is 10.6. The molecule has 2 aromatic rings. The zero-order chi connectivity index (χ0) is 12.4. The van der Waals surface area contributed by atoms with Crippen LogP contribution in [0.15, 0.2) is 42.7 Å². The molecular formula is C14H18N4. The third kappa shape index (κ3) is 2.24. The van der Waals surface area contributed by atoms with Crippen LogP contribution in [0, 0.1) is 0 Å². The van der Waals surface area contributed by atoms with Crippen LogP contribution in [0.2, 0.25) is 0 Å². The molecule has 0 bridgehead atoms. The lowest BCUT2D eigenvalue weighted by atomic mass is 10.0. The molecular weight excluding hydrogens is 224 g/mol. The highest BCUT2D eigenvalue weighted by Gasteiger charge is 2.21. The van der Waals surface area contributed by atoms with Gasteiger partial charge in [-0.05, 0) is 5.56 Å². The van der Waals surface area contributed by atoms with E-state index in [1.807, 2.05) is 17.9 Å². The lowest BCUT2D eigenvalue weighted by Crippen LogP contribution is -2.45. The summed E-state index contributed by atoms with van der Waals surface area (Å²) in [5.74, 6) is 0. The number of aromatic nitrogens is 2. The number of hydrogen-bond donors (Lipinski definition) is 1. The fourth-order valence-electron chi connectivity index (χ4n) is 2.46. The summed E-state index contributed by atoms with van der Waals surface area (Å²) in [6.07, 6.45) is 4.01. The van der Waals surface area contributed by atoms with E-state index in [-0.39, 0.29) is 0 Å². The molecule has 0 aliphatic carbocycles. The molecule has 1 atom stereocenters. The van der Waals surface area contributed by atoms with Gasteiger partial charge in [0.1, 0.15) is 0 Å². The average Bonchev–Trinajstić information content (AvgIpc) is 2.87. The highest BCUT2D eigenvalue weighted by Crippen LogP contribution is 2.21. The Labute approximate surface area is 107 Å². The lowest BCUT2D eigenvalue weighted by molar-refractivity contribution is 0.472. The highest BCUT2D eigenvalue weighted by atomic mass is 15.3. The van der Waals surface area contributed by atoms with Crippen LogP contribution in [0.1, 0.15) is 11.6 Å². The van der Waals surface area contributed by atoms with E-state index < -0.39 is 0 Å². The van der Waals surface area contributed by atoms with E-state index >= 15 is 0 Å². The van der Waals surface area contributed by atoms with Crippen LogP contribution in [0.5, 0.6) is 0 Å². The van der Waals surface area contributed by atoms with Gasteiger partial charge in [0.15, 0.2) is 0 Å². The molecule has 1 N–H and O–H groups in total. The van der Waals surface area contributed by atoms with E-state index in [9.17, 15) is 0 Å². The van der Waals surface area contributed by atoms with Crippen LogP contribution in [0.4, 0.5) is 5.69 Å². The molecule has 2 heterocycles. The summed E-state index contributed by atoms with van der Waals surface area (Å²) in [5.41, 5.74) is 2.56. The standard InChI is InChI=1S/C14H18N4/c1-17-10-13(9-16-17)18-8-7-15-14(11-18)12-5-3-2-4-6-12/h2-6,9-10,14-15H,7-8,11H2,1H3. The van der Waals surface area contributed by atoms with E-state index in [2.05, 4.69) is 51.8 Å². The minimum Gasteiger partial charge on any atom is -0.366 e. The molecule has 4 nitrogen and oxygen atoms in total. The second-order valence-corrected chi connectivity index (χ2v) is 4.74. The first-order valence-electron chi connectivity index (χ1n) is 6.35. The zero-order valence-corrected chi connectivity index (χ0v) is 10.6. The molecule has 0 radical (unpaired) electrons. The Morgan fingerprint density at radius 2 is 2.11 bits per heavy atom. The number of rotatable bonds is 2. The van der Waals surface area contributed by atoms with E-state index in [1.165, 1.54) is 11.3 Å². The second-order valence-electron chi connectivity index (χ2n) is 4.74. The monoisotopic (exact) mass is 242 g/mol. The third-order valence-electron chi connectivity index (χ3n) is 3.43. The predicted octanol–water partition coefficient (Wildman–Crippen LogP) is 1.57. The number of piperazine rings is 1. The van der Waals surface area contributed by atoms with E-state index in [1.54, 1.807) is 0 Å². The number of aryl methyl sites for hydroxylation is 1. The van der Waals surface area contributed by atoms with Crippen molar-refractivity contribution in [1.82, 2.24) is 15.1 Å². The van der Waals surface area contributed by atoms with Crippen molar-refractivity contribution in [2.75, 3.05) is 24.5 Å². The summed E-state index contributed by atoms with van der Waals surface area (Å²) < 4.78 is 1.86. The number of nitrogens with one attached hydrogen (secondary N) is 1. The minimum atomic E-state index is 0.403. The molecule has 94 valence electrons. The maximum atomic E-state index is 4.24. The van der Waals surface area contributed by atoms with Crippen molar-refractivity contribution in [3.8, 4) is 0 Å². The van der Waals surface area contributed by atoms with Crippen molar-refractivity contribution in [3.05, 3.63) is 48.3 Å². The Balaban J connectivity index is 1.76. The Morgan fingerprint density at radius 1 is 1.28 bits per heavy atom. The van der Waals surface area contributed by atoms with Crippen LogP contribution >= 0.6 is 0 Å². The summed E-state index contributed by atoms with van der Waals surface area (Å²) in [6, 6.07) is 11.0. The van der Waals surface area contributed by atoms with Crippen molar-refractivity contribution in [3.63, 3.8) is 0 Å². The summed E-state index contributed by atoms with van der Waals surface area (Å²) >= 11 is 0. The third-order valence-corrected chi connectivity index (χ3v) is 3.43. The van der Waals surface area contributed by atoms with Crippen molar-refractivity contribution in [2.45, 2.75) is 6.04 Å². The average molecular weight is 242 g/mol. The number of benzene rings is 1. The first-order valence-corrected chi connectivity index (χ1v) is 6.35. The van der Waals surface area contributed by atoms with E-state index in [0.29, 0.717) is 6.04 Å². The first kappa shape index (κ1) is 11.3. The van der Waals surface area contributed by atoms with Gasteiger partial charge >= 0.3 is 0 Å². The summed E-state index contributed by atoms with van der Waals surface area (Å²) in [7, 11) is 1.96. The minimum absolute atomic E-state index is 0.403. The Kier molecular flexibility index (Phi) is 3.02. The van der Waals surface area contributed by atoms with E-state index in [0.717, 1.165) is 19.6 Å². The predicted molar refractivity (Wildman–Crippen MR) is 72.6 cm³/mol. The molecule has 4 heteroatoms. The van der Waals surface area contributed by atoms with Gasteiger partial charge in [-0.15, -0.1) is 0 Å². The molecule has 1 aliphatic rings. The molecule has 1 aromatic carbocycles. The highest BCUT2D eigenvalue weighted by molar-refractivity contribution is 5.43. The van der Waals surface area contributed by atoms with Gasteiger partial charge in [-0.3, -0.25) is 4.68 Å². The Morgan fingerprint density at radius 3 is 2.83 bits per heavy atom. The Hall–Kier alpha value is -1.81. The molecule has 1 saturated heterocycles. The van der Waals surface area contributed by atoms with Crippen LogP contribution < -0.4 is 10.2 Å². The van der Waals surface area contributed by atoms with Gasteiger partial charge in [-0.2, -0.15) is 5.10 Å². The molecule has 0 spiro atoms. The number of nitrogens with zero attached hydrogens (tertiary/aromatic N) is 3. The summed E-state index contributed by atoms with van der Waals surface area (Å²) in [4.78, 5) is 2.39. The molecule has 0 saturated carbocycles. The van der Waals surface area contributed by atoms with Gasteiger partial charge in [-0.25, -0.2) is 0 Å². The molecule has 0 amide bonds. The van der Waals surface area contributed by atoms with Gasteiger partial charge in [0.2, 0.25) is 0 Å². The van der Waals surface area contributed by atoms with Gasteiger partial charge < -0.3 is 10.2 Å². The van der Waals surface area contributed by atoms with Crippen LogP contribution in [0.25, 0.3) is 0 Å². The summed E-state index contributed by atoms with van der Waals surface area (Å²) in [6.45, 7) is 3.04. The fraction of sp³-hybridized carbons (Fsp3) is 0.357. The van der Waals surface area contributed by atoms with Gasteiger partial charge in [0.05, 0.1) is 11.9 Å². The number of hydrogen-bond acceptors (Lipinski definition) is 3. The van der Waals surface area contributed by atoms with E-state index in [4.69, 9.17) is 0 Å². The normalized spacial score (nSPS) is 20.1. The molecule has 18 heavy (non-hydrogen) atoms. The topological polar surface area (TPSA) is 33.1 Å². The summed E-state index contributed by atoms with van der Waals surface area (Å²) in [5, 5.41) is 7.82. The molecule has 3 rings (SSSR count). The number of anilines is 1. The SMILES string of the molecule is Cn1cc(N2CCNC(c3ccccc3)C2)cn1. The Bertz CT molecular complexity index is 506. The maximum absolute atomic E-state index is 4.24. The van der Waals surface area contributed by atoms with Crippen molar-refractivity contribution in [1.29, 1.82) is 0 Å². The lowest BCUT2D eigenvalue weighted by Gasteiger charge is -2.34. The van der Waals surface area contributed by atoms with Crippen LogP contribution in [-0.2, 0) is 7.05 Å². The van der Waals surface area contributed by atoms with Gasteiger partial charge in [-0.1, -0.05) is 30.3 Å². The smallest absolute Gasteiger partial charge is 0.0753 e. The largest absolute Gasteiger partial charge is 0.366 e. The molecule has 1 unspecified atom stereocenters. The van der Waals surface area contributed by atoms with Crippen molar-refractivity contribution in [2.24, 2.45) is 7.05 Å². The fourth-order valence-corrected chi connectivity index (χ4v) is 2.46. The quantitative estimate of drug-likeness (QED) is 0.868. The van der Waals surface area contributed by atoms with Crippen molar-refractivity contribution >= 4 is 5.69 Å². The second kappa shape index (κ2) is 4.82. The molecule has 1 fully saturated rings. The van der Waals surface area contributed by atoms with Crippen molar-refractivity contribution < 1.29 is 0 Å². The van der Waals surface area contributed by atoms with Crippen LogP contribution in [-0.4, -0.2) is 29.4 Å². The molecule has 1 aliphatic heterocycles. The van der Waals surface area contributed by atoms with Crippen LogP contribution in [0.3, 0.4) is 0 Å². The van der Waals surface area contributed by atoms with Gasteiger partial charge in [0.25, 0.3) is 0 Å².